The maximum Gasteiger partial charge on any atom is 0.261 e. The number of aryl methyl sites for hydroxylation is 1. The zero-order valence-corrected chi connectivity index (χ0v) is 19.4. The van der Waals surface area contributed by atoms with E-state index in [4.69, 9.17) is 4.74 Å². The van der Waals surface area contributed by atoms with Crippen molar-refractivity contribution in [3.05, 3.63) is 84.2 Å². The second kappa shape index (κ2) is 9.75. The Bertz CT molecular complexity index is 1420. The third-order valence-electron chi connectivity index (χ3n) is 4.80. The first kappa shape index (κ1) is 23.0. The van der Waals surface area contributed by atoms with Crippen LogP contribution >= 0.6 is 0 Å². The van der Waals surface area contributed by atoms with E-state index in [1.807, 2.05) is 13.0 Å². The number of H-pyrrole nitrogens is 1. The van der Waals surface area contributed by atoms with Crippen LogP contribution in [0.5, 0.6) is 5.75 Å². The van der Waals surface area contributed by atoms with Crippen LogP contribution in [0.4, 0.5) is 11.4 Å². The number of ether oxygens (including phenoxy) is 1. The molecule has 0 aliphatic carbocycles. The molecule has 0 unspecified atom stereocenters. The molecular weight excluding hydrogens is 454 g/mol. The van der Waals surface area contributed by atoms with Gasteiger partial charge in [0, 0.05) is 22.5 Å². The lowest BCUT2D eigenvalue weighted by Crippen LogP contribution is -2.15. The van der Waals surface area contributed by atoms with E-state index >= 15 is 0 Å². The number of aromatic amines is 1. The molecule has 4 aromatic rings. The van der Waals surface area contributed by atoms with E-state index in [-0.39, 0.29) is 16.5 Å². The summed E-state index contributed by atoms with van der Waals surface area (Å²) >= 11 is 0. The molecule has 0 fully saturated rings. The lowest BCUT2D eigenvalue weighted by atomic mass is 10.1. The van der Waals surface area contributed by atoms with Gasteiger partial charge in [-0.15, -0.1) is 0 Å². The Balaban J connectivity index is 1.48. The highest BCUT2D eigenvalue weighted by molar-refractivity contribution is 7.92. The predicted octanol–water partition coefficient (Wildman–Crippen LogP) is 4.23. The molecule has 1 amide bonds. The highest BCUT2D eigenvalue weighted by atomic mass is 32.2. The highest BCUT2D eigenvalue weighted by Gasteiger charge is 2.16. The number of nitrogens with zero attached hydrogens (tertiary/aromatic N) is 2. The summed E-state index contributed by atoms with van der Waals surface area (Å²) in [5.74, 6) is 1.42. The molecule has 4 rings (SSSR count). The van der Waals surface area contributed by atoms with Crippen molar-refractivity contribution in [2.75, 3.05) is 16.6 Å². The van der Waals surface area contributed by atoms with Crippen LogP contribution in [0.3, 0.4) is 0 Å². The molecule has 10 heteroatoms. The molecule has 9 nitrogen and oxygen atoms in total. The number of amides is 1. The van der Waals surface area contributed by atoms with Crippen molar-refractivity contribution in [2.24, 2.45) is 0 Å². The molecule has 0 saturated carbocycles. The van der Waals surface area contributed by atoms with Gasteiger partial charge >= 0.3 is 0 Å². The van der Waals surface area contributed by atoms with Gasteiger partial charge in [-0.1, -0.05) is 18.2 Å². The smallest absolute Gasteiger partial charge is 0.261 e. The Morgan fingerprint density at radius 1 is 1.00 bits per heavy atom. The van der Waals surface area contributed by atoms with Gasteiger partial charge in [0.05, 0.1) is 11.5 Å². The zero-order chi connectivity index (χ0) is 24.1. The van der Waals surface area contributed by atoms with Crippen LogP contribution in [-0.2, 0) is 10.0 Å². The third kappa shape index (κ3) is 5.41. The molecule has 0 atom stereocenters. The molecular formula is C24H23N5O4S. The average molecular weight is 478 g/mol. The summed E-state index contributed by atoms with van der Waals surface area (Å²) in [5, 5.41) is 9.73. The normalized spacial score (nSPS) is 11.1. The van der Waals surface area contributed by atoms with Gasteiger partial charge in [0.15, 0.2) is 5.82 Å². The molecule has 34 heavy (non-hydrogen) atoms. The van der Waals surface area contributed by atoms with E-state index in [0.717, 1.165) is 5.56 Å². The fraction of sp³-hybridized carbons (Fsp3) is 0.125. The van der Waals surface area contributed by atoms with E-state index in [2.05, 4.69) is 25.2 Å². The fourth-order valence-electron chi connectivity index (χ4n) is 3.23. The van der Waals surface area contributed by atoms with Gasteiger partial charge in [-0.25, -0.2) is 13.4 Å². The van der Waals surface area contributed by atoms with Crippen LogP contribution in [0.25, 0.3) is 11.4 Å². The number of sulfonamides is 1. The largest absolute Gasteiger partial charge is 0.494 e. The molecule has 0 saturated heterocycles. The fourth-order valence-corrected chi connectivity index (χ4v) is 4.28. The molecule has 1 heterocycles. The molecule has 0 spiro atoms. The van der Waals surface area contributed by atoms with Crippen molar-refractivity contribution in [1.82, 2.24) is 15.2 Å². The minimum absolute atomic E-state index is 0.0878. The number of carbonyl (C=O) groups is 1. The molecule has 1 aromatic heterocycles. The van der Waals surface area contributed by atoms with Crippen molar-refractivity contribution in [1.29, 1.82) is 0 Å². The minimum atomic E-state index is -3.83. The van der Waals surface area contributed by atoms with Gasteiger partial charge in [-0.2, -0.15) is 5.10 Å². The number of aromatic nitrogens is 3. The summed E-state index contributed by atoms with van der Waals surface area (Å²) in [6, 6.07) is 19.5. The Morgan fingerprint density at radius 3 is 2.44 bits per heavy atom. The second-order valence-corrected chi connectivity index (χ2v) is 9.05. The maximum atomic E-state index is 12.8. The molecule has 0 radical (unpaired) electrons. The molecule has 3 N–H and O–H groups in total. The van der Waals surface area contributed by atoms with Gasteiger partial charge in [-0.3, -0.25) is 14.6 Å². The van der Waals surface area contributed by atoms with E-state index in [1.54, 1.807) is 55.5 Å². The van der Waals surface area contributed by atoms with Gasteiger partial charge in [0.25, 0.3) is 15.9 Å². The Labute approximate surface area is 197 Å². The Kier molecular flexibility index (Phi) is 6.60. The summed E-state index contributed by atoms with van der Waals surface area (Å²) < 4.78 is 33.4. The standard InChI is InChI=1S/C24H23N5O4S/c1-3-33-21-10-12-22(13-11-21)34(31,32)29-20-9-5-7-18(15-20)24(30)26-19-8-4-6-17(14-19)23-25-16(2)27-28-23/h4-15,29H,3H2,1-2H3,(H,26,30)(H,25,27,28). The average Bonchev–Trinajstić information content (AvgIpc) is 3.26. The number of anilines is 2. The first-order valence-electron chi connectivity index (χ1n) is 10.5. The van der Waals surface area contributed by atoms with Crippen molar-refractivity contribution in [2.45, 2.75) is 18.7 Å². The monoisotopic (exact) mass is 477 g/mol. The van der Waals surface area contributed by atoms with E-state index < -0.39 is 10.0 Å². The van der Waals surface area contributed by atoms with Crippen LogP contribution < -0.4 is 14.8 Å². The van der Waals surface area contributed by atoms with Crippen LogP contribution in [0.1, 0.15) is 23.1 Å². The number of benzene rings is 3. The first-order chi connectivity index (χ1) is 16.3. The lowest BCUT2D eigenvalue weighted by molar-refractivity contribution is 0.102. The summed E-state index contributed by atoms with van der Waals surface area (Å²) in [6.07, 6.45) is 0. The van der Waals surface area contributed by atoms with Crippen LogP contribution in [0, 0.1) is 6.92 Å². The molecule has 0 aliphatic heterocycles. The molecule has 0 aliphatic rings. The molecule has 0 bridgehead atoms. The maximum absolute atomic E-state index is 12.8. The number of nitrogens with one attached hydrogen (secondary N) is 3. The van der Waals surface area contributed by atoms with Crippen molar-refractivity contribution >= 4 is 27.3 Å². The Morgan fingerprint density at radius 2 is 1.74 bits per heavy atom. The predicted molar refractivity (Wildman–Crippen MR) is 129 cm³/mol. The molecule has 174 valence electrons. The lowest BCUT2D eigenvalue weighted by Gasteiger charge is -2.11. The summed E-state index contributed by atoms with van der Waals surface area (Å²) in [7, 11) is -3.83. The van der Waals surface area contributed by atoms with Gasteiger partial charge in [0.1, 0.15) is 11.6 Å². The van der Waals surface area contributed by atoms with Crippen molar-refractivity contribution in [3.8, 4) is 17.1 Å². The second-order valence-electron chi connectivity index (χ2n) is 7.37. The number of rotatable bonds is 8. The summed E-state index contributed by atoms with van der Waals surface area (Å²) in [6.45, 7) is 4.14. The number of hydrogen-bond acceptors (Lipinski definition) is 6. The highest BCUT2D eigenvalue weighted by Crippen LogP contribution is 2.22. The topological polar surface area (TPSA) is 126 Å². The first-order valence-corrected chi connectivity index (χ1v) is 12.0. The summed E-state index contributed by atoms with van der Waals surface area (Å²) in [5.41, 5.74) is 1.88. The quantitative estimate of drug-likeness (QED) is 0.349. The van der Waals surface area contributed by atoms with Gasteiger partial charge < -0.3 is 10.1 Å². The van der Waals surface area contributed by atoms with Crippen LogP contribution in [0.15, 0.2) is 77.7 Å². The SMILES string of the molecule is CCOc1ccc(S(=O)(=O)Nc2cccc(C(=O)Nc3cccc(-c4n[nH]c(C)n4)c3)c2)cc1. The third-order valence-corrected chi connectivity index (χ3v) is 6.20. The van der Waals surface area contributed by atoms with Crippen molar-refractivity contribution < 1.29 is 17.9 Å². The van der Waals surface area contributed by atoms with Gasteiger partial charge in [-0.05, 0) is 68.4 Å². The number of carbonyl (C=O) groups excluding carboxylic acids is 1. The van der Waals surface area contributed by atoms with Crippen LogP contribution in [-0.4, -0.2) is 36.1 Å². The van der Waals surface area contributed by atoms with Crippen molar-refractivity contribution in [3.63, 3.8) is 0 Å². The van der Waals surface area contributed by atoms with E-state index in [0.29, 0.717) is 35.3 Å². The summed E-state index contributed by atoms with van der Waals surface area (Å²) in [4.78, 5) is 17.2. The zero-order valence-electron chi connectivity index (χ0n) is 18.6. The minimum Gasteiger partial charge on any atom is -0.494 e. The van der Waals surface area contributed by atoms with E-state index in [1.165, 1.54) is 18.2 Å². The van der Waals surface area contributed by atoms with Gasteiger partial charge in [0.2, 0.25) is 0 Å². The Hall–Kier alpha value is -4.18. The molecule has 3 aromatic carbocycles. The van der Waals surface area contributed by atoms with Crippen LogP contribution in [0.2, 0.25) is 0 Å². The number of hydrogen-bond donors (Lipinski definition) is 3. The van der Waals surface area contributed by atoms with E-state index in [9.17, 15) is 13.2 Å².